The molecule has 1 aliphatic heterocycles. The van der Waals surface area contributed by atoms with E-state index in [0.717, 1.165) is 11.1 Å². The van der Waals surface area contributed by atoms with Gasteiger partial charge in [0.25, 0.3) is 0 Å². The van der Waals surface area contributed by atoms with E-state index in [1.165, 1.54) is 0 Å². The molecule has 5 nitrogen and oxygen atoms in total. The molecule has 1 aliphatic rings. The lowest BCUT2D eigenvalue weighted by atomic mass is 9.97. The van der Waals surface area contributed by atoms with Crippen LogP contribution in [0.3, 0.4) is 0 Å². The lowest BCUT2D eigenvalue weighted by Crippen LogP contribution is -2.45. The maximum atomic E-state index is 13.0. The van der Waals surface area contributed by atoms with E-state index in [0.29, 0.717) is 45.0 Å². The summed E-state index contributed by atoms with van der Waals surface area (Å²) in [6.45, 7) is 3.74. The minimum absolute atomic E-state index is 0.145. The molecule has 1 saturated heterocycles. The molecule has 1 unspecified atom stereocenters. The van der Waals surface area contributed by atoms with Crippen molar-refractivity contribution < 1.29 is 9.53 Å². The fourth-order valence-corrected chi connectivity index (χ4v) is 3.10. The number of rotatable bonds is 6. The van der Waals surface area contributed by atoms with E-state index in [1.807, 2.05) is 59.5 Å². The molecule has 134 valence electrons. The van der Waals surface area contributed by atoms with Crippen LogP contribution in [0.25, 0.3) is 0 Å². The molecule has 3 rings (SSSR count). The van der Waals surface area contributed by atoms with E-state index >= 15 is 0 Å². The van der Waals surface area contributed by atoms with E-state index in [-0.39, 0.29) is 11.8 Å². The van der Waals surface area contributed by atoms with Crippen molar-refractivity contribution in [3.8, 4) is 6.07 Å². The van der Waals surface area contributed by atoms with Crippen LogP contribution < -0.4 is 5.32 Å². The molecule has 0 aromatic heterocycles. The fraction of sp³-hybridized carbons (Fsp3) is 0.333. The number of morpholine rings is 1. The van der Waals surface area contributed by atoms with E-state index in [4.69, 9.17) is 10.00 Å². The smallest absolute Gasteiger partial charge is 0.231 e. The van der Waals surface area contributed by atoms with Crippen molar-refractivity contribution in [3.63, 3.8) is 0 Å². The summed E-state index contributed by atoms with van der Waals surface area (Å²) < 4.78 is 5.36. The molecule has 0 aliphatic carbocycles. The van der Waals surface area contributed by atoms with E-state index in [9.17, 15) is 4.79 Å². The highest BCUT2D eigenvalue weighted by Gasteiger charge is 2.26. The molecule has 1 fully saturated rings. The zero-order valence-corrected chi connectivity index (χ0v) is 14.7. The normalized spacial score (nSPS) is 15.3. The first-order chi connectivity index (χ1) is 12.8. The van der Waals surface area contributed by atoms with Gasteiger partial charge in [0.1, 0.15) is 0 Å². The standard InChI is InChI=1S/C21H23N3O2/c22-14-17-6-8-18(9-7-17)15-23-16-20(19-4-2-1-3-5-19)21(25)24-10-12-26-13-11-24/h1-9,20,23H,10-13,15-16H2. The van der Waals surface area contributed by atoms with Gasteiger partial charge >= 0.3 is 0 Å². The van der Waals surface area contributed by atoms with Gasteiger partial charge in [0, 0.05) is 26.2 Å². The molecule has 26 heavy (non-hydrogen) atoms. The van der Waals surface area contributed by atoms with Gasteiger partial charge in [-0.25, -0.2) is 0 Å². The number of amides is 1. The van der Waals surface area contributed by atoms with E-state index < -0.39 is 0 Å². The maximum Gasteiger partial charge on any atom is 0.231 e. The van der Waals surface area contributed by atoms with Gasteiger partial charge < -0.3 is 15.0 Å². The number of nitrogens with zero attached hydrogens (tertiary/aromatic N) is 2. The Morgan fingerprint density at radius 1 is 1.12 bits per heavy atom. The second-order valence-electron chi connectivity index (χ2n) is 6.34. The molecule has 0 bridgehead atoms. The molecule has 1 amide bonds. The molecule has 2 aromatic rings. The Morgan fingerprint density at radius 3 is 2.46 bits per heavy atom. The molecule has 0 radical (unpaired) electrons. The zero-order valence-electron chi connectivity index (χ0n) is 14.7. The van der Waals surface area contributed by atoms with Crippen LogP contribution in [0.5, 0.6) is 0 Å². The Kier molecular flexibility index (Phi) is 6.37. The third kappa shape index (κ3) is 4.69. The predicted molar refractivity (Wildman–Crippen MR) is 99.4 cm³/mol. The number of hydrogen-bond acceptors (Lipinski definition) is 4. The van der Waals surface area contributed by atoms with Gasteiger partial charge in [-0.05, 0) is 23.3 Å². The van der Waals surface area contributed by atoms with Crippen molar-refractivity contribution in [3.05, 3.63) is 71.3 Å². The van der Waals surface area contributed by atoms with Crippen LogP contribution in [0.15, 0.2) is 54.6 Å². The van der Waals surface area contributed by atoms with Gasteiger partial charge in [0.2, 0.25) is 5.91 Å². The molecule has 5 heteroatoms. The van der Waals surface area contributed by atoms with Crippen molar-refractivity contribution in [2.75, 3.05) is 32.8 Å². The van der Waals surface area contributed by atoms with Gasteiger partial charge in [0.15, 0.2) is 0 Å². The molecule has 1 heterocycles. The van der Waals surface area contributed by atoms with E-state index in [1.54, 1.807) is 0 Å². The summed E-state index contributed by atoms with van der Waals surface area (Å²) in [5.41, 5.74) is 2.77. The molecule has 1 N–H and O–H groups in total. The number of nitrogens with one attached hydrogen (secondary N) is 1. The van der Waals surface area contributed by atoms with Crippen molar-refractivity contribution in [2.45, 2.75) is 12.5 Å². The number of carbonyl (C=O) groups is 1. The molecule has 0 saturated carbocycles. The Bertz CT molecular complexity index is 747. The molecule has 0 spiro atoms. The first kappa shape index (κ1) is 18.1. The number of ether oxygens (including phenoxy) is 1. The SMILES string of the molecule is N#Cc1ccc(CNCC(C(=O)N2CCOCC2)c2ccccc2)cc1. The Balaban J connectivity index is 1.65. The highest BCUT2D eigenvalue weighted by molar-refractivity contribution is 5.84. The zero-order chi connectivity index (χ0) is 18.2. The third-order valence-electron chi connectivity index (χ3n) is 4.58. The van der Waals surface area contributed by atoms with E-state index in [2.05, 4.69) is 11.4 Å². The minimum atomic E-state index is -0.215. The molecule has 1 atom stereocenters. The average Bonchev–Trinajstić information content (AvgIpc) is 2.72. The largest absolute Gasteiger partial charge is 0.378 e. The van der Waals surface area contributed by atoms with Crippen LogP contribution >= 0.6 is 0 Å². The minimum Gasteiger partial charge on any atom is -0.378 e. The number of benzene rings is 2. The summed E-state index contributed by atoms with van der Waals surface area (Å²) >= 11 is 0. The Labute approximate surface area is 154 Å². The summed E-state index contributed by atoms with van der Waals surface area (Å²) in [4.78, 5) is 14.9. The van der Waals surface area contributed by atoms with Crippen molar-refractivity contribution >= 4 is 5.91 Å². The van der Waals surface area contributed by atoms with Crippen LogP contribution in [-0.2, 0) is 16.1 Å². The monoisotopic (exact) mass is 349 g/mol. The van der Waals surface area contributed by atoms with Gasteiger partial charge in [-0.3, -0.25) is 4.79 Å². The number of nitriles is 1. The van der Waals surface area contributed by atoms with Gasteiger partial charge in [-0.2, -0.15) is 5.26 Å². The van der Waals surface area contributed by atoms with Gasteiger partial charge in [-0.15, -0.1) is 0 Å². The fourth-order valence-electron chi connectivity index (χ4n) is 3.10. The lowest BCUT2D eigenvalue weighted by Gasteiger charge is -2.30. The number of hydrogen-bond donors (Lipinski definition) is 1. The summed E-state index contributed by atoms with van der Waals surface area (Å²) in [5.74, 6) is -0.0699. The topological polar surface area (TPSA) is 65.4 Å². The summed E-state index contributed by atoms with van der Waals surface area (Å²) in [7, 11) is 0. The van der Waals surface area contributed by atoms with Crippen LogP contribution in [0.1, 0.15) is 22.6 Å². The molecular formula is C21H23N3O2. The quantitative estimate of drug-likeness (QED) is 0.869. The first-order valence-electron chi connectivity index (χ1n) is 8.89. The summed E-state index contributed by atoms with van der Waals surface area (Å²) in [6.07, 6.45) is 0. The highest BCUT2D eigenvalue weighted by Crippen LogP contribution is 2.19. The van der Waals surface area contributed by atoms with Crippen LogP contribution in [-0.4, -0.2) is 43.7 Å². The Hall–Kier alpha value is -2.68. The number of carbonyl (C=O) groups excluding carboxylic acids is 1. The summed E-state index contributed by atoms with van der Waals surface area (Å²) in [6, 6.07) is 19.5. The van der Waals surface area contributed by atoms with Gasteiger partial charge in [0.05, 0.1) is 30.8 Å². The van der Waals surface area contributed by atoms with Crippen molar-refractivity contribution in [1.82, 2.24) is 10.2 Å². The second-order valence-corrected chi connectivity index (χ2v) is 6.34. The van der Waals surface area contributed by atoms with Crippen LogP contribution in [0, 0.1) is 11.3 Å². The Morgan fingerprint density at radius 2 is 1.81 bits per heavy atom. The average molecular weight is 349 g/mol. The predicted octanol–water partition coefficient (Wildman–Crippen LogP) is 2.29. The lowest BCUT2D eigenvalue weighted by molar-refractivity contribution is -0.136. The van der Waals surface area contributed by atoms with Crippen molar-refractivity contribution in [1.29, 1.82) is 5.26 Å². The summed E-state index contributed by atoms with van der Waals surface area (Å²) in [5, 5.41) is 12.3. The van der Waals surface area contributed by atoms with Crippen LogP contribution in [0.4, 0.5) is 0 Å². The second kappa shape index (κ2) is 9.14. The van der Waals surface area contributed by atoms with Crippen molar-refractivity contribution in [2.24, 2.45) is 0 Å². The molecule has 2 aromatic carbocycles. The van der Waals surface area contributed by atoms with Gasteiger partial charge in [-0.1, -0.05) is 42.5 Å². The van der Waals surface area contributed by atoms with Crippen LogP contribution in [0.2, 0.25) is 0 Å². The highest BCUT2D eigenvalue weighted by atomic mass is 16.5. The molecular weight excluding hydrogens is 326 g/mol. The first-order valence-corrected chi connectivity index (χ1v) is 8.89. The third-order valence-corrected chi connectivity index (χ3v) is 4.58. The maximum absolute atomic E-state index is 13.0.